The molecule has 0 aromatic heterocycles. The predicted molar refractivity (Wildman–Crippen MR) is 82.8 cm³/mol. The molecule has 108 valence electrons. The van der Waals surface area contributed by atoms with Gasteiger partial charge in [-0.3, -0.25) is 4.79 Å². The Kier molecular flexibility index (Phi) is 4.23. The van der Waals surface area contributed by atoms with Crippen LogP contribution in [0.15, 0.2) is 47.6 Å². The number of aryl methyl sites for hydroxylation is 2. The number of carbonyl (C=O) groups is 1. The zero-order chi connectivity index (χ0) is 15.4. The molecule has 0 atom stereocenters. The van der Waals surface area contributed by atoms with Gasteiger partial charge in [-0.05, 0) is 49.2 Å². The third-order valence-electron chi connectivity index (χ3n) is 3.01. The van der Waals surface area contributed by atoms with E-state index in [9.17, 15) is 4.79 Å². The third-order valence-corrected chi connectivity index (χ3v) is 3.01. The summed E-state index contributed by atoms with van der Waals surface area (Å²) in [7, 11) is 0. The largest absolute Gasteiger partial charge is 0.409 e. The van der Waals surface area contributed by atoms with Crippen LogP contribution >= 0.6 is 0 Å². The minimum absolute atomic E-state index is 0.0314. The van der Waals surface area contributed by atoms with E-state index in [0.29, 0.717) is 11.1 Å². The van der Waals surface area contributed by atoms with Crippen LogP contribution in [-0.4, -0.2) is 17.0 Å². The van der Waals surface area contributed by atoms with Crippen molar-refractivity contribution in [3.63, 3.8) is 0 Å². The van der Waals surface area contributed by atoms with Crippen molar-refractivity contribution >= 4 is 17.4 Å². The van der Waals surface area contributed by atoms with Crippen molar-refractivity contribution in [2.75, 3.05) is 5.32 Å². The van der Waals surface area contributed by atoms with Crippen LogP contribution in [0.25, 0.3) is 0 Å². The first-order valence-electron chi connectivity index (χ1n) is 6.47. The number of rotatable bonds is 3. The number of amidine groups is 1. The number of carbonyl (C=O) groups excluding carboxylic acids is 1. The lowest BCUT2D eigenvalue weighted by atomic mass is 10.1. The second-order valence-corrected chi connectivity index (χ2v) is 4.90. The van der Waals surface area contributed by atoms with Gasteiger partial charge in [0.2, 0.25) is 0 Å². The van der Waals surface area contributed by atoms with Crippen LogP contribution < -0.4 is 11.1 Å². The van der Waals surface area contributed by atoms with Crippen LogP contribution in [0.1, 0.15) is 27.0 Å². The molecule has 5 nitrogen and oxygen atoms in total. The first-order chi connectivity index (χ1) is 9.99. The molecule has 0 saturated carbocycles. The van der Waals surface area contributed by atoms with Crippen LogP contribution in [0.3, 0.4) is 0 Å². The van der Waals surface area contributed by atoms with Crippen LogP contribution in [0, 0.1) is 13.8 Å². The maximum atomic E-state index is 12.2. The molecule has 0 radical (unpaired) electrons. The van der Waals surface area contributed by atoms with E-state index in [2.05, 4.69) is 10.5 Å². The van der Waals surface area contributed by atoms with Gasteiger partial charge in [0.25, 0.3) is 5.91 Å². The molecule has 2 aromatic rings. The van der Waals surface area contributed by atoms with E-state index in [4.69, 9.17) is 10.9 Å². The lowest BCUT2D eigenvalue weighted by Crippen LogP contribution is -2.16. The smallest absolute Gasteiger partial charge is 0.255 e. The molecule has 0 saturated heterocycles. The van der Waals surface area contributed by atoms with E-state index >= 15 is 0 Å². The van der Waals surface area contributed by atoms with Crippen molar-refractivity contribution in [2.24, 2.45) is 10.9 Å². The van der Waals surface area contributed by atoms with Gasteiger partial charge in [-0.15, -0.1) is 0 Å². The lowest BCUT2D eigenvalue weighted by Gasteiger charge is -2.08. The van der Waals surface area contributed by atoms with Crippen molar-refractivity contribution in [2.45, 2.75) is 13.8 Å². The van der Waals surface area contributed by atoms with Crippen LogP contribution in [0.5, 0.6) is 0 Å². The molecule has 0 heterocycles. The highest BCUT2D eigenvalue weighted by Gasteiger charge is 2.09. The Morgan fingerprint density at radius 3 is 2.33 bits per heavy atom. The molecule has 0 spiro atoms. The lowest BCUT2D eigenvalue weighted by molar-refractivity contribution is 0.102. The number of hydrogen-bond acceptors (Lipinski definition) is 3. The van der Waals surface area contributed by atoms with Gasteiger partial charge in [-0.25, -0.2) is 0 Å². The minimum atomic E-state index is -0.243. The zero-order valence-electron chi connectivity index (χ0n) is 11.9. The van der Waals surface area contributed by atoms with E-state index in [-0.39, 0.29) is 11.7 Å². The summed E-state index contributed by atoms with van der Waals surface area (Å²) in [5.41, 5.74) is 9.36. The maximum Gasteiger partial charge on any atom is 0.255 e. The third kappa shape index (κ3) is 3.60. The molecule has 4 N–H and O–H groups in total. The molecule has 0 unspecified atom stereocenters. The molecular weight excluding hydrogens is 266 g/mol. The number of benzene rings is 2. The number of nitrogens with zero attached hydrogens (tertiary/aromatic N) is 1. The number of nitrogens with one attached hydrogen (secondary N) is 1. The van der Waals surface area contributed by atoms with E-state index in [1.807, 2.05) is 32.0 Å². The van der Waals surface area contributed by atoms with E-state index < -0.39 is 0 Å². The summed E-state index contributed by atoms with van der Waals surface area (Å²) in [4.78, 5) is 12.2. The Balaban J connectivity index is 2.24. The quantitative estimate of drug-likeness (QED) is 0.350. The molecule has 0 bridgehead atoms. The van der Waals surface area contributed by atoms with Crippen molar-refractivity contribution < 1.29 is 10.0 Å². The monoisotopic (exact) mass is 283 g/mol. The average molecular weight is 283 g/mol. The first-order valence-corrected chi connectivity index (χ1v) is 6.47. The Labute approximate surface area is 123 Å². The van der Waals surface area contributed by atoms with Gasteiger partial charge in [0.05, 0.1) is 0 Å². The number of nitrogens with two attached hydrogens (primary N) is 1. The number of hydrogen-bond donors (Lipinski definition) is 3. The number of anilines is 1. The summed E-state index contributed by atoms with van der Waals surface area (Å²) < 4.78 is 0. The zero-order valence-corrected chi connectivity index (χ0v) is 11.9. The van der Waals surface area contributed by atoms with Crippen LogP contribution in [0.4, 0.5) is 5.69 Å². The average Bonchev–Trinajstić information content (AvgIpc) is 2.45. The highest BCUT2D eigenvalue weighted by Crippen LogP contribution is 2.15. The molecule has 2 rings (SSSR count). The number of oxime groups is 1. The Bertz CT molecular complexity index is 688. The molecule has 21 heavy (non-hydrogen) atoms. The SMILES string of the molecule is Cc1cc(C)cc(NC(=O)c2cccc(/C(N)=N/O)c2)c1. The van der Waals surface area contributed by atoms with Gasteiger partial charge >= 0.3 is 0 Å². The van der Waals surface area contributed by atoms with Gasteiger partial charge in [-0.2, -0.15) is 0 Å². The summed E-state index contributed by atoms with van der Waals surface area (Å²) in [6.07, 6.45) is 0. The number of amides is 1. The van der Waals surface area contributed by atoms with E-state index in [1.165, 1.54) is 0 Å². The highest BCUT2D eigenvalue weighted by atomic mass is 16.4. The normalized spacial score (nSPS) is 11.2. The van der Waals surface area contributed by atoms with Gasteiger partial charge in [-0.1, -0.05) is 23.4 Å². The summed E-state index contributed by atoms with van der Waals surface area (Å²) in [5.74, 6) is -0.274. The molecule has 5 heteroatoms. The Morgan fingerprint density at radius 1 is 1.10 bits per heavy atom. The standard InChI is InChI=1S/C16H17N3O2/c1-10-6-11(2)8-14(7-10)18-16(20)13-5-3-4-12(9-13)15(17)19-21/h3-9,21H,1-2H3,(H2,17,19)(H,18,20). The molecule has 0 aliphatic carbocycles. The van der Waals surface area contributed by atoms with Gasteiger partial charge in [0.1, 0.15) is 0 Å². The van der Waals surface area contributed by atoms with Gasteiger partial charge < -0.3 is 16.3 Å². The van der Waals surface area contributed by atoms with Crippen molar-refractivity contribution in [1.82, 2.24) is 0 Å². The topological polar surface area (TPSA) is 87.7 Å². The van der Waals surface area contributed by atoms with Crippen molar-refractivity contribution in [3.05, 3.63) is 64.7 Å². The Hall–Kier alpha value is -2.82. The van der Waals surface area contributed by atoms with E-state index in [1.54, 1.807) is 24.3 Å². The first kappa shape index (κ1) is 14.6. The second-order valence-electron chi connectivity index (χ2n) is 4.90. The van der Waals surface area contributed by atoms with Gasteiger partial charge in [0.15, 0.2) is 5.84 Å². The minimum Gasteiger partial charge on any atom is -0.409 e. The summed E-state index contributed by atoms with van der Waals surface area (Å²) in [6.45, 7) is 3.95. The second kappa shape index (κ2) is 6.09. The fraction of sp³-hybridized carbons (Fsp3) is 0.125. The molecule has 1 amide bonds. The highest BCUT2D eigenvalue weighted by molar-refractivity contribution is 6.06. The fourth-order valence-corrected chi connectivity index (χ4v) is 2.13. The molecule has 0 fully saturated rings. The molecule has 2 aromatic carbocycles. The van der Waals surface area contributed by atoms with E-state index in [0.717, 1.165) is 16.8 Å². The summed E-state index contributed by atoms with van der Waals surface area (Å²) >= 11 is 0. The van der Waals surface area contributed by atoms with Gasteiger partial charge in [0, 0.05) is 16.8 Å². The fourth-order valence-electron chi connectivity index (χ4n) is 2.13. The Morgan fingerprint density at radius 2 is 1.71 bits per heavy atom. The predicted octanol–water partition coefficient (Wildman–Crippen LogP) is 2.65. The molecule has 0 aliphatic heterocycles. The summed E-state index contributed by atoms with van der Waals surface area (Å²) in [6, 6.07) is 12.4. The van der Waals surface area contributed by atoms with Crippen LogP contribution in [0.2, 0.25) is 0 Å². The summed E-state index contributed by atoms with van der Waals surface area (Å²) in [5, 5.41) is 14.4. The maximum absolute atomic E-state index is 12.2. The van der Waals surface area contributed by atoms with Crippen LogP contribution in [-0.2, 0) is 0 Å². The van der Waals surface area contributed by atoms with Crippen molar-refractivity contribution in [3.8, 4) is 0 Å². The molecular formula is C16H17N3O2. The van der Waals surface area contributed by atoms with Crippen molar-refractivity contribution in [1.29, 1.82) is 0 Å². The molecule has 0 aliphatic rings.